The normalized spacial score (nSPS) is 13.8. The number of carbonyl (C=O) groups excluding carboxylic acids is 1. The van der Waals surface area contributed by atoms with Crippen molar-refractivity contribution < 1.29 is 32.2 Å². The molecule has 3 aromatic rings. The van der Waals surface area contributed by atoms with Crippen LogP contribution in [0.4, 0.5) is 17.6 Å². The summed E-state index contributed by atoms with van der Waals surface area (Å²) in [5.41, 5.74) is -1.46. The molecule has 2 aromatic heterocycles. The van der Waals surface area contributed by atoms with Crippen molar-refractivity contribution in [1.29, 1.82) is 0 Å². The fourth-order valence-electron chi connectivity index (χ4n) is 3.29. The lowest BCUT2D eigenvalue weighted by Crippen LogP contribution is -2.45. The third-order valence-electron chi connectivity index (χ3n) is 4.99. The van der Waals surface area contributed by atoms with E-state index in [1.165, 1.54) is 17.6 Å². The fourth-order valence-corrected chi connectivity index (χ4v) is 3.29. The van der Waals surface area contributed by atoms with E-state index in [1.807, 2.05) is 6.92 Å². The van der Waals surface area contributed by atoms with E-state index < -0.39 is 29.0 Å². The highest BCUT2D eigenvalue weighted by atomic mass is 19.4. The summed E-state index contributed by atoms with van der Waals surface area (Å²) in [6, 6.07) is 2.16. The Bertz CT molecular complexity index is 1120. The lowest BCUT2D eigenvalue weighted by Gasteiger charge is -2.32. The molecule has 0 unspecified atom stereocenters. The average molecular weight is 454 g/mol. The van der Waals surface area contributed by atoms with E-state index in [2.05, 4.69) is 15.4 Å². The van der Waals surface area contributed by atoms with Crippen molar-refractivity contribution in [3.05, 3.63) is 64.9 Å². The number of rotatable bonds is 8. The van der Waals surface area contributed by atoms with Crippen LogP contribution in [0.1, 0.15) is 40.4 Å². The first-order chi connectivity index (χ1) is 15.0. The van der Waals surface area contributed by atoms with Gasteiger partial charge in [0.15, 0.2) is 5.65 Å². The van der Waals surface area contributed by atoms with Crippen molar-refractivity contribution in [1.82, 2.24) is 19.9 Å². The molecule has 0 radical (unpaired) electrons. The minimum Gasteiger partial charge on any atom is -0.394 e. The molecule has 1 atom stereocenters. The Kier molecular flexibility index (Phi) is 6.79. The molecular weight excluding hydrogens is 432 g/mol. The standard InChI is InChI=1S/C21H22F4N4O3/c1-13-10-26-18-15(11-27-29(18)12-13)19(31)28-20(2,5-7-32-8-6-30)16-4-3-14(9-17(16)22)21(23,24)25/h3-4,9-12,30H,5-8H2,1-2H3,(H,28,31)/t20-/m0/s1. The molecule has 2 N–H and O–H groups in total. The minimum absolute atomic E-state index is 0.0179. The number of aryl methyl sites for hydroxylation is 1. The van der Waals surface area contributed by atoms with E-state index in [0.29, 0.717) is 6.07 Å². The SMILES string of the molecule is Cc1cnc2c(C(=O)N[C@@](C)(CCOCCO)c3ccc(C(F)(F)F)cc3F)cnn2c1. The van der Waals surface area contributed by atoms with Gasteiger partial charge >= 0.3 is 6.18 Å². The molecule has 1 aromatic carbocycles. The van der Waals surface area contributed by atoms with Crippen molar-refractivity contribution in [2.75, 3.05) is 19.8 Å². The number of nitrogens with one attached hydrogen (secondary N) is 1. The fraction of sp³-hybridized carbons (Fsp3) is 0.381. The minimum atomic E-state index is -4.70. The molecule has 11 heteroatoms. The zero-order valence-corrected chi connectivity index (χ0v) is 17.4. The predicted molar refractivity (Wildman–Crippen MR) is 106 cm³/mol. The first-order valence-electron chi connectivity index (χ1n) is 9.73. The Hall–Kier alpha value is -3.05. The third-order valence-corrected chi connectivity index (χ3v) is 4.99. The molecule has 0 fully saturated rings. The molecule has 0 saturated carbocycles. The Morgan fingerprint density at radius 1 is 1.25 bits per heavy atom. The summed E-state index contributed by atoms with van der Waals surface area (Å²) in [7, 11) is 0. The number of ether oxygens (including phenoxy) is 1. The van der Waals surface area contributed by atoms with E-state index >= 15 is 0 Å². The van der Waals surface area contributed by atoms with Crippen LogP contribution >= 0.6 is 0 Å². The highest BCUT2D eigenvalue weighted by Crippen LogP contribution is 2.34. The van der Waals surface area contributed by atoms with Crippen LogP contribution in [0.2, 0.25) is 0 Å². The lowest BCUT2D eigenvalue weighted by atomic mass is 9.87. The van der Waals surface area contributed by atoms with E-state index in [9.17, 15) is 22.4 Å². The van der Waals surface area contributed by atoms with Crippen molar-refractivity contribution in [2.24, 2.45) is 0 Å². The summed E-state index contributed by atoms with van der Waals surface area (Å²) in [6.07, 6.45) is -0.123. The molecule has 0 spiro atoms. The van der Waals surface area contributed by atoms with E-state index in [1.54, 1.807) is 12.4 Å². The molecule has 0 aliphatic rings. The van der Waals surface area contributed by atoms with Crippen LogP contribution in [0.5, 0.6) is 0 Å². The lowest BCUT2D eigenvalue weighted by molar-refractivity contribution is -0.137. The first kappa shape index (κ1) is 23.6. The summed E-state index contributed by atoms with van der Waals surface area (Å²) in [5, 5.41) is 15.7. The Labute approximate surface area is 181 Å². The molecule has 0 aliphatic heterocycles. The zero-order chi connectivity index (χ0) is 23.5. The van der Waals surface area contributed by atoms with E-state index in [4.69, 9.17) is 9.84 Å². The Morgan fingerprint density at radius 2 is 2.00 bits per heavy atom. The number of amides is 1. The molecule has 7 nitrogen and oxygen atoms in total. The monoisotopic (exact) mass is 454 g/mol. The number of fused-ring (bicyclic) bond motifs is 1. The smallest absolute Gasteiger partial charge is 0.394 e. The van der Waals surface area contributed by atoms with Crippen LogP contribution < -0.4 is 5.32 Å². The Balaban J connectivity index is 1.95. The highest BCUT2D eigenvalue weighted by molar-refractivity contribution is 6.00. The van der Waals surface area contributed by atoms with Crippen LogP contribution in [0.15, 0.2) is 36.8 Å². The molecule has 3 rings (SSSR count). The van der Waals surface area contributed by atoms with Crippen LogP contribution in [-0.4, -0.2) is 45.4 Å². The molecule has 2 heterocycles. The molecule has 0 bridgehead atoms. The van der Waals surface area contributed by atoms with Gasteiger partial charge in [-0.15, -0.1) is 0 Å². The maximum atomic E-state index is 14.8. The third kappa shape index (κ3) is 5.05. The van der Waals surface area contributed by atoms with E-state index in [-0.39, 0.29) is 43.0 Å². The predicted octanol–water partition coefficient (Wildman–Crippen LogP) is 3.24. The second kappa shape index (κ2) is 9.21. The molecule has 1 amide bonds. The number of carbonyl (C=O) groups is 1. The number of hydrogen-bond acceptors (Lipinski definition) is 5. The summed E-state index contributed by atoms with van der Waals surface area (Å²) in [5.74, 6) is -1.74. The highest BCUT2D eigenvalue weighted by Gasteiger charge is 2.36. The number of aromatic nitrogens is 3. The van der Waals surface area contributed by atoms with Gasteiger partial charge in [0.05, 0.1) is 30.5 Å². The van der Waals surface area contributed by atoms with E-state index in [0.717, 1.165) is 17.7 Å². The van der Waals surface area contributed by atoms with Crippen molar-refractivity contribution >= 4 is 11.6 Å². The summed E-state index contributed by atoms with van der Waals surface area (Å²) < 4.78 is 60.3. The average Bonchev–Trinajstić information content (AvgIpc) is 3.13. The first-order valence-corrected chi connectivity index (χ1v) is 9.73. The van der Waals surface area contributed by atoms with Crippen LogP contribution in [0, 0.1) is 12.7 Å². The maximum absolute atomic E-state index is 14.8. The van der Waals surface area contributed by atoms with Crippen LogP contribution in [-0.2, 0) is 16.5 Å². The van der Waals surface area contributed by atoms with Crippen molar-refractivity contribution in [3.8, 4) is 0 Å². The number of alkyl halides is 3. The number of aliphatic hydroxyl groups is 1. The second-order valence-corrected chi connectivity index (χ2v) is 7.52. The van der Waals surface area contributed by atoms with Gasteiger partial charge in [0, 0.05) is 24.6 Å². The topological polar surface area (TPSA) is 88.8 Å². The largest absolute Gasteiger partial charge is 0.416 e. The number of aliphatic hydroxyl groups excluding tert-OH is 1. The van der Waals surface area contributed by atoms with Gasteiger partial charge < -0.3 is 15.2 Å². The van der Waals surface area contributed by atoms with Crippen LogP contribution in [0.25, 0.3) is 5.65 Å². The second-order valence-electron chi connectivity index (χ2n) is 7.52. The van der Waals surface area contributed by atoms with Gasteiger partial charge in [0.1, 0.15) is 11.4 Å². The van der Waals surface area contributed by atoms with Gasteiger partial charge in [-0.05, 0) is 38.0 Å². The maximum Gasteiger partial charge on any atom is 0.416 e. The van der Waals surface area contributed by atoms with Gasteiger partial charge in [0.25, 0.3) is 5.91 Å². The van der Waals surface area contributed by atoms with Gasteiger partial charge in [-0.3, -0.25) is 4.79 Å². The number of halogens is 4. The van der Waals surface area contributed by atoms with Crippen LogP contribution in [0.3, 0.4) is 0 Å². The molecule has 0 aliphatic carbocycles. The summed E-state index contributed by atoms with van der Waals surface area (Å²) in [4.78, 5) is 17.2. The quantitative estimate of drug-likeness (QED) is 0.403. The number of hydrogen-bond donors (Lipinski definition) is 2. The van der Waals surface area contributed by atoms with Gasteiger partial charge in [0.2, 0.25) is 0 Å². The molecule has 0 saturated heterocycles. The number of benzene rings is 1. The van der Waals surface area contributed by atoms with Crippen molar-refractivity contribution in [2.45, 2.75) is 32.0 Å². The molecule has 32 heavy (non-hydrogen) atoms. The van der Waals surface area contributed by atoms with Crippen molar-refractivity contribution in [3.63, 3.8) is 0 Å². The van der Waals surface area contributed by atoms with Gasteiger partial charge in [-0.2, -0.15) is 18.3 Å². The summed E-state index contributed by atoms with van der Waals surface area (Å²) in [6.45, 7) is 3.11. The Morgan fingerprint density at radius 3 is 2.66 bits per heavy atom. The van der Waals surface area contributed by atoms with Gasteiger partial charge in [-0.1, -0.05) is 6.07 Å². The van der Waals surface area contributed by atoms with Gasteiger partial charge in [-0.25, -0.2) is 13.9 Å². The summed E-state index contributed by atoms with van der Waals surface area (Å²) >= 11 is 0. The zero-order valence-electron chi connectivity index (χ0n) is 17.4. The number of nitrogens with zero attached hydrogens (tertiary/aromatic N) is 3. The molecular formula is C21H22F4N4O3. The molecule has 172 valence electrons.